The van der Waals surface area contributed by atoms with E-state index in [1.807, 2.05) is 0 Å². The second-order valence-corrected chi connectivity index (χ2v) is 17.1. The van der Waals surface area contributed by atoms with Gasteiger partial charge in [-0.25, -0.2) is 37.5 Å². The number of likely N-dealkylation sites (tertiary alicyclic amines) is 2. The highest BCUT2D eigenvalue weighted by Crippen LogP contribution is 2.35. The molecule has 11 nitrogen and oxygen atoms in total. The fraction of sp³-hybridized carbons (Fsp3) is 0.476. The molecule has 7 rings (SSSR count). The lowest BCUT2D eigenvalue weighted by atomic mass is 10.0. The zero-order valence-corrected chi connectivity index (χ0v) is 39.3. The maximum atomic E-state index is 13.6. The van der Waals surface area contributed by atoms with Crippen molar-refractivity contribution < 1.29 is 58.2 Å². The molecule has 3 aliphatic rings. The number of hydrogen-bond acceptors (Lipinski definition) is 10. The molecule has 0 radical (unpaired) electrons. The van der Waals surface area contributed by atoms with E-state index in [0.29, 0.717) is 10.6 Å². The summed E-state index contributed by atoms with van der Waals surface area (Å²) in [6.07, 6.45) is -4.05. The van der Waals surface area contributed by atoms with Crippen molar-refractivity contribution in [3.8, 4) is 0 Å². The van der Waals surface area contributed by atoms with Crippen LogP contribution >= 0.6 is 58.0 Å². The van der Waals surface area contributed by atoms with Gasteiger partial charge in [-0.15, -0.1) is 0 Å². The zero-order chi connectivity index (χ0) is 50.5. The highest BCUT2D eigenvalue weighted by atomic mass is 35.5. The molecule has 0 bridgehead atoms. The van der Waals surface area contributed by atoms with Crippen LogP contribution in [0.1, 0.15) is 94.1 Å². The van der Waals surface area contributed by atoms with E-state index in [1.165, 1.54) is 37.1 Å². The summed E-state index contributed by atoms with van der Waals surface area (Å²) in [5, 5.41) is 2.81. The van der Waals surface area contributed by atoms with Crippen LogP contribution in [0.5, 0.6) is 0 Å². The van der Waals surface area contributed by atoms with Gasteiger partial charge >= 0.3 is 12.4 Å². The Kier molecular flexibility index (Phi) is 21.3. The number of alkyl halides is 10. The molecule has 1 amide bonds. The van der Waals surface area contributed by atoms with Gasteiger partial charge in [0.1, 0.15) is 0 Å². The largest absolute Gasteiger partial charge is 0.451 e. The number of nitrogens with zero attached hydrogens (tertiary/aromatic N) is 6. The summed E-state index contributed by atoms with van der Waals surface area (Å²) < 4.78 is 134. The second-order valence-electron chi connectivity index (χ2n) is 15.2. The van der Waals surface area contributed by atoms with Gasteiger partial charge in [0.2, 0.25) is 11.6 Å². The normalized spacial score (nSPS) is 18.1. The first kappa shape index (κ1) is 56.9. The smallest absolute Gasteiger partial charge is 0.381 e. The first-order valence-corrected chi connectivity index (χ1v) is 22.4. The Balaban J connectivity index is 0.000000232. The van der Waals surface area contributed by atoms with Crippen molar-refractivity contribution in [1.29, 1.82) is 0 Å². The summed E-state index contributed by atoms with van der Waals surface area (Å²) in [6, 6.07) is 8.07. The molecule has 2 unspecified atom stereocenters. The molecular weight excluding hydrogens is 1030 g/mol. The average molecular weight is 1080 g/mol. The zero-order valence-electron chi connectivity index (χ0n) is 35.5. The van der Waals surface area contributed by atoms with Gasteiger partial charge in [-0.1, -0.05) is 58.5 Å². The third kappa shape index (κ3) is 17.3. The number of halogens is 15. The van der Waals surface area contributed by atoms with E-state index in [9.17, 15) is 53.5 Å². The molecule has 0 aliphatic carbocycles. The number of piperidine rings is 2. The predicted octanol–water partition coefficient (Wildman–Crippen LogP) is 11.4. The van der Waals surface area contributed by atoms with Gasteiger partial charge in [0.05, 0.1) is 43.3 Å². The van der Waals surface area contributed by atoms with Gasteiger partial charge in [-0.2, -0.15) is 26.3 Å². The van der Waals surface area contributed by atoms with Crippen molar-refractivity contribution in [3.63, 3.8) is 0 Å². The number of ether oxygens (including phenoxy) is 1. The third-order valence-corrected chi connectivity index (χ3v) is 12.3. The van der Waals surface area contributed by atoms with E-state index in [0.717, 1.165) is 38.0 Å². The fourth-order valence-electron chi connectivity index (χ4n) is 6.72. The van der Waals surface area contributed by atoms with Crippen LogP contribution in [-0.2, 0) is 17.1 Å². The second kappa shape index (κ2) is 25.4. The molecule has 3 fully saturated rings. The number of benzene rings is 2. The van der Waals surface area contributed by atoms with Crippen molar-refractivity contribution in [2.24, 2.45) is 5.73 Å². The average Bonchev–Trinajstić information content (AvgIpc) is 3.88. The lowest BCUT2D eigenvalue weighted by Gasteiger charge is -2.37. The minimum Gasteiger partial charge on any atom is -0.381 e. The molecule has 3 N–H and O–H groups in total. The minimum atomic E-state index is -4.71. The molecule has 5 heterocycles. The van der Waals surface area contributed by atoms with Crippen LogP contribution in [0.15, 0.2) is 61.2 Å². The van der Waals surface area contributed by atoms with Crippen LogP contribution in [0.25, 0.3) is 0 Å². The Morgan fingerprint density at radius 1 is 0.662 bits per heavy atom. The summed E-state index contributed by atoms with van der Waals surface area (Å²) >= 11 is 28.4. The number of carbonyl (C=O) groups is 2. The van der Waals surface area contributed by atoms with Crippen LogP contribution in [0.4, 0.5) is 43.9 Å². The fourth-order valence-corrected chi connectivity index (χ4v) is 7.70. The molecule has 26 heteroatoms. The van der Waals surface area contributed by atoms with Gasteiger partial charge < -0.3 is 15.8 Å². The lowest BCUT2D eigenvalue weighted by Crippen LogP contribution is -2.45. The number of rotatable bonds is 9. The van der Waals surface area contributed by atoms with Gasteiger partial charge in [-0.05, 0) is 48.7 Å². The van der Waals surface area contributed by atoms with Crippen LogP contribution in [0.3, 0.4) is 0 Å². The standard InChI is InChI=1S/C19H17Cl2F5N4O.C12H15F5N4.C7H3Cl3O.C4H8O/c20-13-3-1-2-12(15(13)21)16(31)27-10-14(30-6-4-18(22,23)5-7-30)11-8-28-17(29-9-11)19(24,25)26;13-11(14)1-3-21(4-2-11)9(5-18)8-6-19-10(20-7-8)12(15,16)17;8-5-3-1-2-4(6(5)9)7(10)11;1-2-4-5-3-1/h1-3,8-9,14H,4-7,10H2,(H,27,31);6-7,9H,1-5,18H2;1-3H;1-4H2. The Bertz CT molecular complexity index is 2240. The van der Waals surface area contributed by atoms with Gasteiger partial charge in [0, 0.05) is 114 Å². The summed E-state index contributed by atoms with van der Waals surface area (Å²) in [7, 11) is 0. The minimum absolute atomic E-state index is 0.00746. The molecule has 2 aromatic heterocycles. The molecule has 3 saturated heterocycles. The topological polar surface area (TPSA) is 139 Å². The van der Waals surface area contributed by atoms with E-state index in [4.69, 9.17) is 68.5 Å². The molecule has 2 aromatic carbocycles. The Hall–Kier alpha value is -3.67. The molecule has 2 atom stereocenters. The number of nitrogens with two attached hydrogens (primary N) is 1. The van der Waals surface area contributed by atoms with Crippen LogP contribution < -0.4 is 11.1 Å². The Morgan fingerprint density at radius 2 is 1.04 bits per heavy atom. The number of aromatic nitrogens is 4. The SMILES string of the molecule is C1CCOC1.NCC(c1cnc(C(F)(F)F)nc1)N1CCC(F)(F)CC1.O=C(Cl)c1cccc(Cl)c1Cl.O=C(NCC(c1cnc(C(F)(F)F)nc1)N1CCC(F)(F)CC1)c1cccc(Cl)c1Cl. The molecule has 0 saturated carbocycles. The molecule has 4 aromatic rings. The molecule has 0 spiro atoms. The molecule has 374 valence electrons. The van der Waals surface area contributed by atoms with Crippen LogP contribution in [-0.4, -0.2) is 105 Å². The van der Waals surface area contributed by atoms with Gasteiger partial charge in [0.25, 0.3) is 23.0 Å². The quantitative estimate of drug-likeness (QED) is 0.123. The van der Waals surface area contributed by atoms with Gasteiger partial charge in [-0.3, -0.25) is 19.4 Å². The lowest BCUT2D eigenvalue weighted by molar-refractivity contribution is -0.145. The first-order valence-electron chi connectivity index (χ1n) is 20.5. The van der Waals surface area contributed by atoms with Crippen molar-refractivity contribution in [1.82, 2.24) is 35.1 Å². The summed E-state index contributed by atoms with van der Waals surface area (Å²) in [6.45, 7) is 2.27. The van der Waals surface area contributed by atoms with Crippen molar-refractivity contribution in [3.05, 3.63) is 115 Å². The van der Waals surface area contributed by atoms with E-state index in [-0.39, 0.29) is 83.9 Å². The number of hydrogen-bond donors (Lipinski definition) is 2. The summed E-state index contributed by atoms with van der Waals surface area (Å²) in [5.41, 5.74) is 6.63. The van der Waals surface area contributed by atoms with E-state index in [2.05, 4.69) is 25.3 Å². The first-order chi connectivity index (χ1) is 31.8. The maximum Gasteiger partial charge on any atom is 0.451 e. The number of carbonyl (C=O) groups excluding carboxylic acids is 2. The van der Waals surface area contributed by atoms with Crippen molar-refractivity contribution in [2.45, 2.75) is 74.8 Å². The highest BCUT2D eigenvalue weighted by Gasteiger charge is 2.40. The Morgan fingerprint density at radius 3 is 1.40 bits per heavy atom. The van der Waals surface area contributed by atoms with Crippen molar-refractivity contribution >= 4 is 69.2 Å². The highest BCUT2D eigenvalue weighted by molar-refractivity contribution is 6.69. The number of nitrogens with one attached hydrogen (secondary N) is 1. The summed E-state index contributed by atoms with van der Waals surface area (Å²) in [4.78, 5) is 39.8. The number of amides is 1. The van der Waals surface area contributed by atoms with Gasteiger partial charge in [0.15, 0.2) is 0 Å². The predicted molar refractivity (Wildman–Crippen MR) is 236 cm³/mol. The van der Waals surface area contributed by atoms with Crippen LogP contribution in [0, 0.1) is 0 Å². The maximum absolute atomic E-state index is 13.6. The molecule has 3 aliphatic heterocycles. The Labute approximate surface area is 409 Å². The van der Waals surface area contributed by atoms with E-state index in [1.54, 1.807) is 21.9 Å². The third-order valence-electron chi connectivity index (χ3n) is 10.4. The molecule has 68 heavy (non-hydrogen) atoms. The summed E-state index contributed by atoms with van der Waals surface area (Å²) in [5.74, 6) is -8.60. The van der Waals surface area contributed by atoms with E-state index < -0.39 is 71.9 Å². The monoisotopic (exact) mass is 1070 g/mol. The van der Waals surface area contributed by atoms with Crippen molar-refractivity contribution in [2.75, 3.05) is 52.5 Å². The van der Waals surface area contributed by atoms with E-state index >= 15 is 0 Å². The van der Waals surface area contributed by atoms with Crippen LogP contribution in [0.2, 0.25) is 20.1 Å². The molecular formula is C42H43Cl5F10N8O3.